The molecule has 6 aromatic rings. The number of carbonyl (C=O) groups excluding carboxylic acids is 1. The minimum absolute atomic E-state index is 0.0340. The van der Waals surface area contributed by atoms with E-state index in [9.17, 15) is 21.6 Å². The van der Waals surface area contributed by atoms with Gasteiger partial charge in [0.15, 0.2) is 29.3 Å². The molecule has 0 aliphatic carbocycles. The molecular weight excluding hydrogens is 737 g/mol. The minimum atomic E-state index is -3.82. The zero-order valence-electron chi connectivity index (χ0n) is 26.7. The molecule has 0 fully saturated rings. The fraction of sp³-hybridized carbons (Fsp3) is 0.176. The molecule has 2 N–H and O–H groups in total. The smallest absolute Gasteiger partial charge is 0.282 e. The van der Waals surface area contributed by atoms with E-state index in [1.807, 2.05) is 36.4 Å². The maximum Gasteiger partial charge on any atom is 0.282 e. The third-order valence-corrected chi connectivity index (χ3v) is 11.2. The number of rotatable bonds is 5. The van der Waals surface area contributed by atoms with Crippen LogP contribution in [-0.4, -0.2) is 65.7 Å². The van der Waals surface area contributed by atoms with Crippen molar-refractivity contribution in [3.8, 4) is 23.0 Å². The second kappa shape index (κ2) is 15.9. The summed E-state index contributed by atoms with van der Waals surface area (Å²) in [5, 5.41) is 7.01. The SMILES string of the molecule is NS(=O)(=O)c1ccc2c(c1)OCCCO2.O=Cc1cc2cccnc2s1.O=S(=O)(N=Cc1cc2cccnc2s1)c1ccc2c(c1)OCCCO2. The zero-order chi connectivity index (χ0) is 35.8. The average Bonchev–Trinajstić information content (AvgIpc) is 3.57. The first-order valence-corrected chi connectivity index (χ1v) is 20.0. The Bertz CT molecular complexity index is 2360. The number of sulfonamides is 2. The Hall–Kier alpha value is -4.94. The highest BCUT2D eigenvalue weighted by molar-refractivity contribution is 7.90. The van der Waals surface area contributed by atoms with Crippen molar-refractivity contribution in [3.63, 3.8) is 0 Å². The van der Waals surface area contributed by atoms with E-state index < -0.39 is 20.0 Å². The average molecular weight is 767 g/mol. The van der Waals surface area contributed by atoms with Gasteiger partial charge in [-0.15, -0.1) is 22.7 Å². The molecule has 0 saturated carbocycles. The van der Waals surface area contributed by atoms with Gasteiger partial charge in [-0.2, -0.15) is 12.8 Å². The van der Waals surface area contributed by atoms with Crippen LogP contribution in [0.1, 0.15) is 27.4 Å². The summed E-state index contributed by atoms with van der Waals surface area (Å²) in [6, 6.07) is 20.2. The van der Waals surface area contributed by atoms with E-state index in [0.717, 1.165) is 49.3 Å². The number of pyridine rings is 2. The molecule has 2 aliphatic rings. The highest BCUT2D eigenvalue weighted by Crippen LogP contribution is 2.33. The van der Waals surface area contributed by atoms with E-state index in [1.165, 1.54) is 53.2 Å². The van der Waals surface area contributed by atoms with Gasteiger partial charge in [-0.05, 0) is 48.5 Å². The number of primary sulfonamides is 1. The minimum Gasteiger partial charge on any atom is -0.490 e. The highest BCUT2D eigenvalue weighted by atomic mass is 32.2. The number of thiophene rings is 2. The molecule has 0 unspecified atom stereocenters. The lowest BCUT2D eigenvalue weighted by molar-refractivity contribution is 0.112. The maximum absolute atomic E-state index is 12.5. The fourth-order valence-electron chi connectivity index (χ4n) is 4.71. The molecule has 0 radical (unpaired) electrons. The number of nitrogens with zero attached hydrogens (tertiary/aromatic N) is 3. The van der Waals surface area contributed by atoms with Crippen LogP contribution in [0.4, 0.5) is 0 Å². The van der Waals surface area contributed by atoms with E-state index in [-0.39, 0.29) is 9.79 Å². The Kier molecular flexibility index (Phi) is 11.2. The third-order valence-electron chi connectivity index (χ3n) is 7.12. The van der Waals surface area contributed by atoms with Crippen LogP contribution in [0.15, 0.2) is 99.4 Å². The third kappa shape index (κ3) is 9.25. The lowest BCUT2D eigenvalue weighted by atomic mass is 10.3. The molecule has 0 atom stereocenters. The van der Waals surface area contributed by atoms with Crippen LogP contribution in [0, 0.1) is 0 Å². The molecule has 0 bridgehead atoms. The van der Waals surface area contributed by atoms with Crippen molar-refractivity contribution >= 4 is 75.7 Å². The number of hydrogen-bond acceptors (Lipinski definition) is 13. The number of fused-ring (bicyclic) bond motifs is 4. The molecular formula is C34H30N4O9S4. The van der Waals surface area contributed by atoms with Gasteiger partial charge in [0.1, 0.15) is 9.66 Å². The van der Waals surface area contributed by atoms with E-state index in [0.29, 0.717) is 49.4 Å². The van der Waals surface area contributed by atoms with Crippen molar-refractivity contribution in [2.45, 2.75) is 22.6 Å². The summed E-state index contributed by atoms with van der Waals surface area (Å²) in [7, 11) is -7.50. The van der Waals surface area contributed by atoms with Gasteiger partial charge in [-0.25, -0.2) is 23.5 Å². The Morgan fingerprint density at radius 3 is 1.67 bits per heavy atom. The normalized spacial score (nSPS) is 14.1. The molecule has 6 heterocycles. The molecule has 8 rings (SSSR count). The zero-order valence-corrected chi connectivity index (χ0v) is 30.0. The predicted octanol–water partition coefficient (Wildman–Crippen LogP) is 5.87. The van der Waals surface area contributed by atoms with Crippen LogP contribution in [0.25, 0.3) is 20.4 Å². The fourth-order valence-corrected chi connectivity index (χ4v) is 7.87. The van der Waals surface area contributed by atoms with Crippen molar-refractivity contribution in [2.24, 2.45) is 9.54 Å². The Labute approximate surface area is 301 Å². The van der Waals surface area contributed by atoms with Crippen molar-refractivity contribution < 1.29 is 40.6 Å². The molecule has 0 amide bonds. The van der Waals surface area contributed by atoms with Crippen LogP contribution in [0.5, 0.6) is 23.0 Å². The number of benzene rings is 2. The van der Waals surface area contributed by atoms with Crippen LogP contribution in [0.2, 0.25) is 0 Å². The van der Waals surface area contributed by atoms with Crippen LogP contribution in [0.3, 0.4) is 0 Å². The van der Waals surface area contributed by atoms with Gasteiger partial charge in [0.2, 0.25) is 10.0 Å². The summed E-state index contributed by atoms with van der Waals surface area (Å²) in [5.41, 5.74) is 0. The lowest BCUT2D eigenvalue weighted by Crippen LogP contribution is -2.12. The summed E-state index contributed by atoms with van der Waals surface area (Å²) in [6.45, 7) is 2.13. The summed E-state index contributed by atoms with van der Waals surface area (Å²) in [4.78, 5) is 22.1. The molecule has 0 saturated heterocycles. The summed E-state index contributed by atoms with van der Waals surface area (Å²) >= 11 is 2.81. The standard InChI is InChI=1S/C17H14N2O4S2.C9H11NO4S.C8H5NOS/c20-25(21,14-4-5-15-16(10-14)23-8-2-7-22-15)19-11-13-9-12-3-1-6-18-17(12)24-13;10-15(11,12)7-2-3-8-9(6-7)14-5-1-4-13-8;10-5-7-4-6-2-1-3-9-8(6)11-7/h1,3-6,9-11H,2,7-8H2;2-3,6H,1,4-5H2,(H2,10,11,12);1-5H. The van der Waals surface area contributed by atoms with Crippen LogP contribution in [-0.2, 0) is 20.0 Å². The summed E-state index contributed by atoms with van der Waals surface area (Å²) < 4.78 is 72.7. The van der Waals surface area contributed by atoms with Gasteiger partial charge in [0.25, 0.3) is 10.0 Å². The second-order valence-corrected chi connectivity index (χ2v) is 16.1. The molecule has 0 spiro atoms. The van der Waals surface area contributed by atoms with Crippen LogP contribution < -0.4 is 24.1 Å². The van der Waals surface area contributed by atoms with E-state index >= 15 is 0 Å². The Morgan fingerprint density at radius 1 is 0.647 bits per heavy atom. The first-order chi connectivity index (χ1) is 24.6. The van der Waals surface area contributed by atoms with Crippen molar-refractivity contribution in [1.29, 1.82) is 0 Å². The second-order valence-electron chi connectivity index (χ2n) is 10.8. The number of ether oxygens (including phenoxy) is 4. The Morgan fingerprint density at radius 2 is 1.14 bits per heavy atom. The Balaban J connectivity index is 0.000000146. The van der Waals surface area contributed by atoms with Gasteiger partial charge >= 0.3 is 0 Å². The predicted molar refractivity (Wildman–Crippen MR) is 195 cm³/mol. The van der Waals surface area contributed by atoms with Crippen molar-refractivity contribution in [3.05, 3.63) is 94.9 Å². The number of aromatic nitrogens is 2. The number of nitrogens with two attached hydrogens (primary N) is 1. The van der Waals surface area contributed by atoms with Gasteiger partial charge in [-0.1, -0.05) is 12.1 Å². The monoisotopic (exact) mass is 766 g/mol. The van der Waals surface area contributed by atoms with E-state index in [1.54, 1.807) is 24.5 Å². The van der Waals surface area contributed by atoms with Crippen molar-refractivity contribution in [1.82, 2.24) is 9.97 Å². The van der Waals surface area contributed by atoms with Gasteiger partial charge in [-0.3, -0.25) is 4.79 Å². The van der Waals surface area contributed by atoms with Crippen molar-refractivity contribution in [2.75, 3.05) is 26.4 Å². The van der Waals surface area contributed by atoms with Gasteiger partial charge in [0, 0.05) is 53.0 Å². The molecule has 17 heteroatoms. The highest BCUT2D eigenvalue weighted by Gasteiger charge is 2.18. The number of carbonyl (C=O) groups is 1. The molecule has 13 nitrogen and oxygen atoms in total. The van der Waals surface area contributed by atoms with Gasteiger partial charge < -0.3 is 18.9 Å². The van der Waals surface area contributed by atoms with Gasteiger partial charge in [0.05, 0.1) is 47.3 Å². The summed E-state index contributed by atoms with van der Waals surface area (Å²) in [6.07, 6.45) is 7.17. The molecule has 51 heavy (non-hydrogen) atoms. The molecule has 2 aliphatic heterocycles. The largest absolute Gasteiger partial charge is 0.490 e. The summed E-state index contributed by atoms with van der Waals surface area (Å²) in [5.74, 6) is 1.97. The molecule has 264 valence electrons. The first kappa shape index (κ1) is 35.9. The van der Waals surface area contributed by atoms with E-state index in [4.69, 9.17) is 24.1 Å². The van der Waals surface area contributed by atoms with Crippen LogP contribution >= 0.6 is 22.7 Å². The number of hydrogen-bond donors (Lipinski definition) is 1. The van der Waals surface area contributed by atoms with E-state index in [2.05, 4.69) is 14.4 Å². The topological polar surface area (TPSA) is 186 Å². The molecule has 2 aromatic carbocycles. The number of aldehydes is 1. The molecule has 4 aromatic heterocycles. The quantitative estimate of drug-likeness (QED) is 0.163. The maximum atomic E-state index is 12.5. The lowest BCUT2D eigenvalue weighted by Gasteiger charge is -2.08. The first-order valence-electron chi connectivity index (χ1n) is 15.4.